The van der Waals surface area contributed by atoms with Crippen molar-refractivity contribution in [3.63, 3.8) is 0 Å². The van der Waals surface area contributed by atoms with Crippen molar-refractivity contribution in [3.8, 4) is 16.9 Å². The third-order valence-electron chi connectivity index (χ3n) is 6.29. The zero-order valence-electron chi connectivity index (χ0n) is 17.0. The van der Waals surface area contributed by atoms with Crippen LogP contribution >= 0.6 is 11.6 Å². The molecule has 0 amide bonds. The van der Waals surface area contributed by atoms with Crippen molar-refractivity contribution in [3.05, 3.63) is 35.5 Å². The molecule has 2 atom stereocenters. The molecule has 2 bridgehead atoms. The summed E-state index contributed by atoms with van der Waals surface area (Å²) in [6.45, 7) is 2.17. The molecular formula is C22H25ClFN3O3. The fourth-order valence-corrected chi connectivity index (χ4v) is 5.08. The molecule has 1 aromatic heterocycles. The van der Waals surface area contributed by atoms with E-state index in [0.717, 1.165) is 25.7 Å². The largest absolute Gasteiger partial charge is 0.496 e. The van der Waals surface area contributed by atoms with Gasteiger partial charge in [0.25, 0.3) is 0 Å². The molecule has 30 heavy (non-hydrogen) atoms. The van der Waals surface area contributed by atoms with Crippen LogP contribution in [0.1, 0.15) is 32.6 Å². The SMILES string of the molecule is CCOC(=O)[C@H]1C2CCC(CC2)[C@@H]1Nc1nc(Cl)ncc1-c1cc(F)ccc1OC. The fourth-order valence-electron chi connectivity index (χ4n) is 4.95. The monoisotopic (exact) mass is 433 g/mol. The van der Waals surface area contributed by atoms with Gasteiger partial charge in [0.15, 0.2) is 0 Å². The summed E-state index contributed by atoms with van der Waals surface area (Å²) in [5.41, 5.74) is 1.09. The van der Waals surface area contributed by atoms with E-state index in [2.05, 4.69) is 15.3 Å². The van der Waals surface area contributed by atoms with Gasteiger partial charge in [-0.25, -0.2) is 14.4 Å². The zero-order chi connectivity index (χ0) is 21.3. The summed E-state index contributed by atoms with van der Waals surface area (Å²) in [6, 6.07) is 4.16. The Hall–Kier alpha value is -2.41. The number of hydrogen-bond donors (Lipinski definition) is 1. The smallest absolute Gasteiger partial charge is 0.311 e. The van der Waals surface area contributed by atoms with E-state index in [1.54, 1.807) is 12.3 Å². The van der Waals surface area contributed by atoms with E-state index >= 15 is 0 Å². The number of ether oxygens (including phenoxy) is 2. The lowest BCUT2D eigenvalue weighted by atomic mass is 9.61. The summed E-state index contributed by atoms with van der Waals surface area (Å²) in [7, 11) is 1.53. The van der Waals surface area contributed by atoms with Crippen LogP contribution in [0.4, 0.5) is 10.2 Å². The van der Waals surface area contributed by atoms with Crippen LogP contribution in [0.2, 0.25) is 5.28 Å². The lowest BCUT2D eigenvalue weighted by molar-refractivity contribution is -0.154. The maximum Gasteiger partial charge on any atom is 0.311 e. The topological polar surface area (TPSA) is 73.3 Å². The molecule has 160 valence electrons. The van der Waals surface area contributed by atoms with Gasteiger partial charge in [-0.1, -0.05) is 0 Å². The molecule has 3 saturated carbocycles. The predicted octanol–water partition coefficient (Wildman–Crippen LogP) is 4.72. The summed E-state index contributed by atoms with van der Waals surface area (Å²) < 4.78 is 24.8. The first kappa shape index (κ1) is 20.8. The van der Waals surface area contributed by atoms with Gasteiger partial charge >= 0.3 is 5.97 Å². The molecule has 0 aliphatic heterocycles. The number of hydrogen-bond acceptors (Lipinski definition) is 6. The van der Waals surface area contributed by atoms with Gasteiger partial charge in [0.05, 0.1) is 19.6 Å². The van der Waals surface area contributed by atoms with Gasteiger partial charge in [0.1, 0.15) is 17.4 Å². The Morgan fingerprint density at radius 3 is 2.67 bits per heavy atom. The molecule has 8 heteroatoms. The number of methoxy groups -OCH3 is 1. The number of nitrogens with zero attached hydrogens (tertiary/aromatic N) is 2. The van der Waals surface area contributed by atoms with Crippen LogP contribution in [0.5, 0.6) is 5.75 Å². The molecule has 6 nitrogen and oxygen atoms in total. The number of fused-ring (bicyclic) bond motifs is 3. The average molecular weight is 434 g/mol. The summed E-state index contributed by atoms with van der Waals surface area (Å²) in [6.07, 6.45) is 5.71. The fraction of sp³-hybridized carbons (Fsp3) is 0.500. The van der Waals surface area contributed by atoms with Crippen molar-refractivity contribution < 1.29 is 18.7 Å². The Bertz CT molecular complexity index is 934. The number of rotatable bonds is 6. The van der Waals surface area contributed by atoms with E-state index in [4.69, 9.17) is 21.1 Å². The van der Waals surface area contributed by atoms with Crippen LogP contribution in [0.15, 0.2) is 24.4 Å². The van der Waals surface area contributed by atoms with Crippen molar-refractivity contribution in [2.75, 3.05) is 19.0 Å². The zero-order valence-corrected chi connectivity index (χ0v) is 17.8. The van der Waals surface area contributed by atoms with Crippen LogP contribution in [0, 0.1) is 23.6 Å². The molecule has 1 heterocycles. The number of esters is 1. The molecule has 2 aromatic rings. The van der Waals surface area contributed by atoms with Gasteiger partial charge in [-0.2, -0.15) is 0 Å². The van der Waals surface area contributed by atoms with Crippen molar-refractivity contribution >= 4 is 23.4 Å². The molecule has 0 unspecified atom stereocenters. The normalized spacial score (nSPS) is 25.1. The van der Waals surface area contributed by atoms with Gasteiger partial charge in [-0.15, -0.1) is 0 Å². The molecule has 3 aliphatic rings. The summed E-state index contributed by atoms with van der Waals surface area (Å²) in [5, 5.41) is 3.54. The van der Waals surface area contributed by atoms with Crippen molar-refractivity contribution in [1.29, 1.82) is 0 Å². The minimum absolute atomic E-state index is 0.0743. The predicted molar refractivity (Wildman–Crippen MR) is 112 cm³/mol. The number of nitrogens with one attached hydrogen (secondary N) is 1. The summed E-state index contributed by atoms with van der Waals surface area (Å²) in [4.78, 5) is 21.2. The standard InChI is InChI=1S/C22H25ClFN3O3/c1-3-30-21(28)18-12-4-6-13(7-5-12)19(18)26-20-16(11-25-22(23)27-20)15-10-14(24)8-9-17(15)29-2/h8-13,18-19H,3-7H2,1-2H3,(H,25,26,27)/t12?,13?,18-,19-/m0/s1. The molecule has 0 saturated heterocycles. The molecule has 1 aromatic carbocycles. The molecule has 5 rings (SSSR count). The maximum atomic E-state index is 14.0. The van der Waals surface area contributed by atoms with Crippen LogP contribution in [-0.2, 0) is 9.53 Å². The van der Waals surface area contributed by atoms with E-state index < -0.39 is 5.82 Å². The second kappa shape index (κ2) is 8.76. The summed E-state index contributed by atoms with van der Waals surface area (Å²) in [5.74, 6) is 0.773. The van der Waals surface area contributed by atoms with Gasteiger partial charge in [-0.05, 0) is 74.2 Å². The highest BCUT2D eigenvalue weighted by Gasteiger charge is 2.48. The second-order valence-electron chi connectivity index (χ2n) is 7.87. The number of carbonyl (C=O) groups excluding carboxylic acids is 1. The number of carbonyl (C=O) groups is 1. The molecule has 3 aliphatic carbocycles. The lowest BCUT2D eigenvalue weighted by Gasteiger charge is -2.47. The highest BCUT2D eigenvalue weighted by atomic mass is 35.5. The van der Waals surface area contributed by atoms with E-state index in [9.17, 15) is 9.18 Å². The molecule has 3 fully saturated rings. The Balaban J connectivity index is 1.73. The molecular weight excluding hydrogens is 409 g/mol. The minimum Gasteiger partial charge on any atom is -0.496 e. The quantitative estimate of drug-likeness (QED) is 0.524. The van der Waals surface area contributed by atoms with Crippen LogP contribution in [-0.4, -0.2) is 35.7 Å². The average Bonchev–Trinajstić information content (AvgIpc) is 2.75. The van der Waals surface area contributed by atoms with Gasteiger partial charge < -0.3 is 14.8 Å². The molecule has 1 N–H and O–H groups in total. The van der Waals surface area contributed by atoms with Crippen LogP contribution in [0.25, 0.3) is 11.1 Å². The van der Waals surface area contributed by atoms with E-state index in [-0.39, 0.29) is 29.1 Å². The number of anilines is 1. The minimum atomic E-state index is -0.396. The summed E-state index contributed by atoms with van der Waals surface area (Å²) >= 11 is 6.10. The van der Waals surface area contributed by atoms with Gasteiger partial charge in [-0.3, -0.25) is 4.79 Å². The number of benzene rings is 1. The third kappa shape index (κ3) is 3.95. The van der Waals surface area contributed by atoms with Gasteiger partial charge in [0.2, 0.25) is 5.28 Å². The van der Waals surface area contributed by atoms with E-state index in [0.29, 0.717) is 35.2 Å². The van der Waals surface area contributed by atoms with Crippen molar-refractivity contribution in [2.45, 2.75) is 38.6 Å². The first-order chi connectivity index (χ1) is 14.5. The first-order valence-electron chi connectivity index (χ1n) is 10.3. The molecule has 0 radical (unpaired) electrons. The van der Waals surface area contributed by atoms with E-state index in [1.807, 2.05) is 6.92 Å². The Kier molecular flexibility index (Phi) is 6.09. The highest BCUT2D eigenvalue weighted by molar-refractivity contribution is 6.28. The Morgan fingerprint density at radius 2 is 1.97 bits per heavy atom. The van der Waals surface area contributed by atoms with Crippen molar-refractivity contribution in [1.82, 2.24) is 9.97 Å². The molecule has 0 spiro atoms. The van der Waals surface area contributed by atoms with E-state index in [1.165, 1.54) is 19.2 Å². The van der Waals surface area contributed by atoms with Gasteiger partial charge in [0, 0.05) is 23.4 Å². The second-order valence-corrected chi connectivity index (χ2v) is 8.21. The Labute approximate surface area is 180 Å². The third-order valence-corrected chi connectivity index (χ3v) is 6.47. The number of aromatic nitrogens is 2. The van der Waals surface area contributed by atoms with Crippen LogP contribution < -0.4 is 10.1 Å². The van der Waals surface area contributed by atoms with Crippen molar-refractivity contribution in [2.24, 2.45) is 17.8 Å². The highest BCUT2D eigenvalue weighted by Crippen LogP contribution is 2.47. The number of halogens is 2. The first-order valence-corrected chi connectivity index (χ1v) is 10.7. The van der Waals surface area contributed by atoms with Crippen LogP contribution in [0.3, 0.4) is 0 Å². The maximum absolute atomic E-state index is 14.0. The Morgan fingerprint density at radius 1 is 1.23 bits per heavy atom. The lowest BCUT2D eigenvalue weighted by Crippen LogP contribution is -2.52.